The fourth-order valence-electron chi connectivity index (χ4n) is 2.81. The summed E-state index contributed by atoms with van der Waals surface area (Å²) in [5.74, 6) is 1.01. The summed E-state index contributed by atoms with van der Waals surface area (Å²) in [5, 5.41) is 0. The number of hydrogen-bond acceptors (Lipinski definition) is 3. The monoisotopic (exact) mass is 260 g/mol. The van der Waals surface area contributed by atoms with Crippen LogP contribution >= 0.6 is 0 Å². The molecule has 4 heteroatoms. The first-order valence-electron chi connectivity index (χ1n) is 7.03. The first kappa shape index (κ1) is 12.5. The lowest BCUT2D eigenvalue weighted by Crippen LogP contribution is -2.52. The molecule has 0 aliphatic carbocycles. The molecule has 1 amide bonds. The highest BCUT2D eigenvalue weighted by Crippen LogP contribution is 2.29. The summed E-state index contributed by atoms with van der Waals surface area (Å²) in [6.07, 6.45) is 0.397. The third-order valence-corrected chi connectivity index (χ3v) is 4.05. The number of piperazine rings is 1. The van der Waals surface area contributed by atoms with Crippen LogP contribution in [0.2, 0.25) is 0 Å². The number of carbonyl (C=O) groups is 1. The minimum Gasteiger partial charge on any atom is -0.480 e. The second-order valence-electron chi connectivity index (χ2n) is 5.18. The van der Waals surface area contributed by atoms with E-state index in [2.05, 4.69) is 11.8 Å². The first-order valence-corrected chi connectivity index (χ1v) is 7.03. The SMILES string of the molecule is CCN1CCN(C(=O)C2Cc3ccccc3O2)CC1. The number of amides is 1. The summed E-state index contributed by atoms with van der Waals surface area (Å²) in [7, 11) is 0. The zero-order valence-corrected chi connectivity index (χ0v) is 11.3. The molecule has 1 aromatic carbocycles. The van der Waals surface area contributed by atoms with Crippen LogP contribution in [-0.4, -0.2) is 54.5 Å². The average Bonchev–Trinajstić information content (AvgIpc) is 2.90. The van der Waals surface area contributed by atoms with Crippen LogP contribution in [0.4, 0.5) is 0 Å². The molecule has 0 radical (unpaired) electrons. The van der Waals surface area contributed by atoms with Crippen molar-refractivity contribution in [2.24, 2.45) is 0 Å². The van der Waals surface area contributed by atoms with Crippen LogP contribution in [0.15, 0.2) is 24.3 Å². The van der Waals surface area contributed by atoms with Crippen LogP contribution in [-0.2, 0) is 11.2 Å². The summed E-state index contributed by atoms with van der Waals surface area (Å²) >= 11 is 0. The van der Waals surface area contributed by atoms with E-state index in [0.717, 1.165) is 44.0 Å². The normalized spacial score (nSPS) is 23.0. The molecule has 1 saturated heterocycles. The molecule has 0 aromatic heterocycles. The highest BCUT2D eigenvalue weighted by Gasteiger charge is 2.33. The van der Waals surface area contributed by atoms with Gasteiger partial charge in [0, 0.05) is 32.6 Å². The lowest BCUT2D eigenvalue weighted by molar-refractivity contribution is -0.139. The number of nitrogens with zero attached hydrogens (tertiary/aromatic N) is 2. The molecular weight excluding hydrogens is 240 g/mol. The molecule has 102 valence electrons. The van der Waals surface area contributed by atoms with Gasteiger partial charge < -0.3 is 14.5 Å². The molecule has 0 saturated carbocycles. The molecule has 2 aliphatic rings. The zero-order chi connectivity index (χ0) is 13.2. The van der Waals surface area contributed by atoms with E-state index in [9.17, 15) is 4.79 Å². The summed E-state index contributed by atoms with van der Waals surface area (Å²) in [5.41, 5.74) is 1.15. The molecule has 19 heavy (non-hydrogen) atoms. The molecule has 2 heterocycles. The summed E-state index contributed by atoms with van der Waals surface area (Å²) < 4.78 is 5.77. The Hall–Kier alpha value is -1.55. The number of carbonyl (C=O) groups excluding carboxylic acids is 1. The quantitative estimate of drug-likeness (QED) is 0.800. The number of ether oxygens (including phenoxy) is 1. The standard InChI is InChI=1S/C15H20N2O2/c1-2-16-7-9-17(10-8-16)15(18)14-11-12-5-3-4-6-13(12)19-14/h3-6,14H,2,7-11H2,1H3. The number of fused-ring (bicyclic) bond motifs is 1. The molecule has 1 unspecified atom stereocenters. The van der Waals surface area contributed by atoms with Gasteiger partial charge >= 0.3 is 0 Å². The number of rotatable bonds is 2. The van der Waals surface area contributed by atoms with Crippen molar-refractivity contribution in [2.45, 2.75) is 19.4 Å². The van der Waals surface area contributed by atoms with Crippen LogP contribution in [0.1, 0.15) is 12.5 Å². The molecule has 1 atom stereocenters. The Balaban J connectivity index is 1.61. The minimum absolute atomic E-state index is 0.145. The average molecular weight is 260 g/mol. The predicted molar refractivity (Wildman–Crippen MR) is 73.3 cm³/mol. The van der Waals surface area contributed by atoms with E-state index in [0.29, 0.717) is 6.42 Å². The Kier molecular flexibility index (Phi) is 3.42. The molecule has 2 aliphatic heterocycles. The summed E-state index contributed by atoms with van der Waals surface area (Å²) in [6.45, 7) is 6.82. The number of benzene rings is 1. The largest absolute Gasteiger partial charge is 0.480 e. The molecular formula is C15H20N2O2. The maximum Gasteiger partial charge on any atom is 0.264 e. The van der Waals surface area contributed by atoms with E-state index in [1.54, 1.807) is 0 Å². The van der Waals surface area contributed by atoms with Crippen molar-refractivity contribution < 1.29 is 9.53 Å². The van der Waals surface area contributed by atoms with Crippen molar-refractivity contribution >= 4 is 5.91 Å². The lowest BCUT2D eigenvalue weighted by Gasteiger charge is -2.35. The van der Waals surface area contributed by atoms with E-state index in [1.807, 2.05) is 29.2 Å². The summed E-state index contributed by atoms with van der Waals surface area (Å²) in [4.78, 5) is 16.8. The smallest absolute Gasteiger partial charge is 0.264 e. The van der Waals surface area contributed by atoms with Gasteiger partial charge in [0.15, 0.2) is 6.10 Å². The van der Waals surface area contributed by atoms with Gasteiger partial charge in [0.2, 0.25) is 0 Å². The van der Waals surface area contributed by atoms with Crippen LogP contribution in [0.5, 0.6) is 5.75 Å². The first-order chi connectivity index (χ1) is 9.28. The maximum absolute atomic E-state index is 12.4. The maximum atomic E-state index is 12.4. The molecule has 1 fully saturated rings. The minimum atomic E-state index is -0.314. The topological polar surface area (TPSA) is 32.8 Å². The van der Waals surface area contributed by atoms with Crippen LogP contribution < -0.4 is 4.74 Å². The van der Waals surface area contributed by atoms with Gasteiger partial charge in [-0.25, -0.2) is 0 Å². The van der Waals surface area contributed by atoms with Gasteiger partial charge in [0.25, 0.3) is 5.91 Å². The molecule has 3 rings (SSSR count). The van der Waals surface area contributed by atoms with Crippen molar-refractivity contribution in [1.82, 2.24) is 9.80 Å². The molecule has 0 spiro atoms. The number of likely N-dealkylation sites (N-methyl/N-ethyl adjacent to an activating group) is 1. The van der Waals surface area contributed by atoms with Gasteiger partial charge in [0.1, 0.15) is 5.75 Å². The predicted octanol–water partition coefficient (Wildman–Crippen LogP) is 1.15. The van der Waals surface area contributed by atoms with Crippen molar-refractivity contribution in [3.63, 3.8) is 0 Å². The van der Waals surface area contributed by atoms with Gasteiger partial charge in [-0.2, -0.15) is 0 Å². The Bertz CT molecular complexity index is 442. The van der Waals surface area contributed by atoms with Gasteiger partial charge in [-0.15, -0.1) is 0 Å². The van der Waals surface area contributed by atoms with E-state index >= 15 is 0 Å². The Morgan fingerprint density at radius 2 is 2.00 bits per heavy atom. The van der Waals surface area contributed by atoms with E-state index in [1.165, 1.54) is 0 Å². The molecule has 0 N–H and O–H groups in total. The second kappa shape index (κ2) is 5.21. The van der Waals surface area contributed by atoms with Gasteiger partial charge in [-0.1, -0.05) is 25.1 Å². The van der Waals surface area contributed by atoms with Crippen molar-refractivity contribution in [3.8, 4) is 5.75 Å². The highest BCUT2D eigenvalue weighted by molar-refractivity contribution is 5.82. The molecule has 1 aromatic rings. The lowest BCUT2D eigenvalue weighted by atomic mass is 10.1. The third-order valence-electron chi connectivity index (χ3n) is 4.05. The van der Waals surface area contributed by atoms with Gasteiger partial charge in [-0.05, 0) is 18.2 Å². The zero-order valence-electron chi connectivity index (χ0n) is 11.3. The van der Waals surface area contributed by atoms with Crippen molar-refractivity contribution in [2.75, 3.05) is 32.7 Å². The third kappa shape index (κ3) is 2.45. The second-order valence-corrected chi connectivity index (χ2v) is 5.18. The van der Waals surface area contributed by atoms with E-state index in [4.69, 9.17) is 4.74 Å². The van der Waals surface area contributed by atoms with E-state index in [-0.39, 0.29) is 12.0 Å². The van der Waals surface area contributed by atoms with Crippen molar-refractivity contribution in [1.29, 1.82) is 0 Å². The Morgan fingerprint density at radius 1 is 1.26 bits per heavy atom. The fraction of sp³-hybridized carbons (Fsp3) is 0.533. The van der Waals surface area contributed by atoms with Crippen LogP contribution in [0.3, 0.4) is 0 Å². The summed E-state index contributed by atoms with van der Waals surface area (Å²) in [6, 6.07) is 7.93. The number of para-hydroxylation sites is 1. The van der Waals surface area contributed by atoms with Crippen molar-refractivity contribution in [3.05, 3.63) is 29.8 Å². The van der Waals surface area contributed by atoms with Gasteiger partial charge in [-0.3, -0.25) is 4.79 Å². The molecule has 4 nitrogen and oxygen atoms in total. The van der Waals surface area contributed by atoms with Crippen LogP contribution in [0, 0.1) is 0 Å². The van der Waals surface area contributed by atoms with E-state index < -0.39 is 0 Å². The Morgan fingerprint density at radius 3 is 2.68 bits per heavy atom. The Labute approximate surface area is 113 Å². The highest BCUT2D eigenvalue weighted by atomic mass is 16.5. The molecule has 0 bridgehead atoms. The number of hydrogen-bond donors (Lipinski definition) is 0. The van der Waals surface area contributed by atoms with Gasteiger partial charge in [0.05, 0.1) is 0 Å². The van der Waals surface area contributed by atoms with Crippen LogP contribution in [0.25, 0.3) is 0 Å². The fourth-order valence-corrected chi connectivity index (χ4v) is 2.81.